The van der Waals surface area contributed by atoms with E-state index in [9.17, 15) is 9.59 Å². The monoisotopic (exact) mass is 277 g/mol. The topological polar surface area (TPSA) is 57.6 Å². The Labute approximate surface area is 94.9 Å². The quantitative estimate of drug-likeness (QED) is 0.660. The SMILES string of the molecule is O=C(O)[C@@H]1CSC2CC[C@H]([AsH2])C(=O)N21. The number of rotatable bonds is 1. The third kappa shape index (κ3) is 1.57. The van der Waals surface area contributed by atoms with Crippen LogP contribution in [0.4, 0.5) is 0 Å². The van der Waals surface area contributed by atoms with Crippen molar-refractivity contribution in [2.24, 2.45) is 0 Å². The Balaban J connectivity index is 2.20. The Morgan fingerprint density at radius 3 is 2.93 bits per heavy atom. The number of amides is 1. The van der Waals surface area contributed by atoms with Crippen LogP contribution in [0.2, 0.25) is 4.71 Å². The van der Waals surface area contributed by atoms with Gasteiger partial charge in [-0.25, -0.2) is 0 Å². The number of hydrogen-bond donors (Lipinski definition) is 1. The second-order valence-electron chi connectivity index (χ2n) is 3.57. The van der Waals surface area contributed by atoms with Crippen molar-refractivity contribution in [3.63, 3.8) is 0 Å². The number of carboxylic acid groups (broad SMARTS) is 1. The van der Waals surface area contributed by atoms with E-state index in [2.05, 4.69) is 0 Å². The molecule has 1 amide bonds. The third-order valence-electron chi connectivity index (χ3n) is 2.67. The van der Waals surface area contributed by atoms with Crippen LogP contribution in [0.25, 0.3) is 0 Å². The van der Waals surface area contributed by atoms with Crippen LogP contribution in [0.3, 0.4) is 0 Å². The van der Waals surface area contributed by atoms with E-state index in [0.717, 1.165) is 12.8 Å². The Morgan fingerprint density at radius 2 is 2.29 bits per heavy atom. The number of nitrogens with zero attached hydrogens (tertiary/aromatic N) is 1. The van der Waals surface area contributed by atoms with Crippen molar-refractivity contribution in [2.45, 2.75) is 29.0 Å². The summed E-state index contributed by atoms with van der Waals surface area (Å²) in [5.41, 5.74) is 0. The summed E-state index contributed by atoms with van der Waals surface area (Å²) in [4.78, 5) is 24.3. The van der Waals surface area contributed by atoms with Gasteiger partial charge in [0, 0.05) is 0 Å². The van der Waals surface area contributed by atoms with Crippen LogP contribution in [0, 0.1) is 0 Å². The summed E-state index contributed by atoms with van der Waals surface area (Å²) in [7, 11) is 0. The summed E-state index contributed by atoms with van der Waals surface area (Å²) >= 11 is 3.01. The number of carboxylic acids is 1. The fraction of sp³-hybridized carbons (Fsp3) is 0.750. The molecule has 14 heavy (non-hydrogen) atoms. The molecule has 2 aliphatic heterocycles. The zero-order valence-corrected chi connectivity index (χ0v) is 10.8. The molecule has 0 aromatic rings. The molecule has 0 aromatic heterocycles. The molecule has 2 fully saturated rings. The molecule has 2 saturated heterocycles. The first-order chi connectivity index (χ1) is 6.61. The molecule has 2 heterocycles. The van der Waals surface area contributed by atoms with Gasteiger partial charge in [0.15, 0.2) is 0 Å². The van der Waals surface area contributed by atoms with E-state index in [-0.39, 0.29) is 16.0 Å². The Morgan fingerprint density at radius 1 is 1.57 bits per heavy atom. The molecule has 0 aromatic carbocycles. The van der Waals surface area contributed by atoms with E-state index in [1.807, 2.05) is 0 Å². The predicted molar refractivity (Wildman–Crippen MR) is 56.0 cm³/mol. The van der Waals surface area contributed by atoms with Gasteiger partial charge in [-0.3, -0.25) is 0 Å². The Kier molecular flexibility index (Phi) is 2.80. The molecule has 4 atom stereocenters. The molecule has 0 radical (unpaired) electrons. The van der Waals surface area contributed by atoms with Crippen LogP contribution >= 0.6 is 11.8 Å². The van der Waals surface area contributed by atoms with Crippen LogP contribution in [0.1, 0.15) is 12.8 Å². The van der Waals surface area contributed by atoms with Gasteiger partial charge in [0.2, 0.25) is 0 Å². The van der Waals surface area contributed by atoms with Gasteiger partial charge in [0.25, 0.3) is 0 Å². The molecular formula is C8H12AsNO3S. The predicted octanol–water partition coefficient (Wildman–Crippen LogP) is -0.443. The van der Waals surface area contributed by atoms with E-state index >= 15 is 0 Å². The average molecular weight is 277 g/mol. The number of carbonyl (C=O) groups excluding carboxylic acids is 1. The fourth-order valence-corrected chi connectivity index (χ4v) is 4.10. The molecule has 0 spiro atoms. The van der Waals surface area contributed by atoms with E-state index in [1.165, 1.54) is 16.9 Å². The van der Waals surface area contributed by atoms with Crippen molar-refractivity contribution in [3.05, 3.63) is 0 Å². The summed E-state index contributed by atoms with van der Waals surface area (Å²) in [6.45, 7) is 0. The molecule has 6 heteroatoms. The van der Waals surface area contributed by atoms with Crippen molar-refractivity contribution in [2.75, 3.05) is 5.75 Å². The van der Waals surface area contributed by atoms with Crippen molar-refractivity contribution in [1.29, 1.82) is 0 Å². The number of hydrogen-bond acceptors (Lipinski definition) is 3. The molecule has 1 N–H and O–H groups in total. The van der Waals surface area contributed by atoms with Gasteiger partial charge >= 0.3 is 94.8 Å². The van der Waals surface area contributed by atoms with Crippen molar-refractivity contribution >= 4 is 40.5 Å². The van der Waals surface area contributed by atoms with E-state index in [1.54, 1.807) is 16.7 Å². The van der Waals surface area contributed by atoms with Gasteiger partial charge in [-0.05, 0) is 0 Å². The maximum atomic E-state index is 11.8. The van der Waals surface area contributed by atoms with Crippen LogP contribution in [-0.2, 0) is 9.59 Å². The second-order valence-corrected chi connectivity index (χ2v) is 6.47. The van der Waals surface area contributed by atoms with Gasteiger partial charge in [0.05, 0.1) is 0 Å². The first-order valence-corrected chi connectivity index (χ1v) is 6.98. The molecular weight excluding hydrogens is 265 g/mol. The summed E-state index contributed by atoms with van der Waals surface area (Å²) in [5.74, 6) is -0.278. The first-order valence-electron chi connectivity index (χ1n) is 4.53. The minimum absolute atomic E-state index is 0.0404. The van der Waals surface area contributed by atoms with Gasteiger partial charge in [-0.15, -0.1) is 0 Å². The zero-order valence-electron chi connectivity index (χ0n) is 7.55. The number of fused-ring (bicyclic) bond motifs is 1. The maximum absolute atomic E-state index is 11.8. The van der Waals surface area contributed by atoms with Gasteiger partial charge in [0.1, 0.15) is 0 Å². The third-order valence-corrected chi connectivity index (χ3v) is 5.33. The molecule has 4 nitrogen and oxygen atoms in total. The number of aliphatic carboxylic acids is 1. The first kappa shape index (κ1) is 10.4. The van der Waals surface area contributed by atoms with E-state index in [0.29, 0.717) is 5.75 Å². The van der Waals surface area contributed by atoms with Crippen LogP contribution in [0.5, 0.6) is 0 Å². The molecule has 0 bridgehead atoms. The Hall–Kier alpha value is -0.152. The number of thioether (sulfide) groups is 1. The summed E-state index contributed by atoms with van der Waals surface area (Å²) in [6.07, 6.45) is 1.86. The summed E-state index contributed by atoms with van der Waals surface area (Å²) in [6, 6.07) is -0.587. The number of piperidine rings is 1. The average Bonchev–Trinajstić information content (AvgIpc) is 2.55. The summed E-state index contributed by atoms with van der Waals surface area (Å²) < 4.78 is 0.0549. The van der Waals surface area contributed by atoms with Gasteiger partial charge in [-0.1, -0.05) is 0 Å². The molecule has 2 aliphatic rings. The van der Waals surface area contributed by atoms with Crippen LogP contribution in [-0.4, -0.2) is 55.9 Å². The molecule has 2 unspecified atom stereocenters. The second kappa shape index (κ2) is 3.78. The normalized spacial score (nSPS) is 37.1. The molecule has 0 saturated carbocycles. The van der Waals surface area contributed by atoms with E-state index in [4.69, 9.17) is 5.11 Å². The standard InChI is InChI=1S/C8H12AsNO3S/c9-4-1-2-6-10(7(4)11)5(3-14-6)8(12)13/h4-6H,1-3,9H2,(H,12,13)/t4-,5-,6?/m0/s1. The fourth-order valence-electron chi connectivity index (χ4n) is 1.91. The minimum atomic E-state index is -0.866. The Bertz CT molecular complexity index is 286. The van der Waals surface area contributed by atoms with Crippen LogP contribution < -0.4 is 0 Å². The van der Waals surface area contributed by atoms with Gasteiger partial charge in [-0.2, -0.15) is 0 Å². The van der Waals surface area contributed by atoms with Crippen LogP contribution in [0.15, 0.2) is 0 Å². The zero-order chi connectivity index (χ0) is 10.3. The molecule has 78 valence electrons. The molecule has 0 aliphatic carbocycles. The van der Waals surface area contributed by atoms with Crippen molar-refractivity contribution in [1.82, 2.24) is 4.90 Å². The molecule has 2 rings (SSSR count). The van der Waals surface area contributed by atoms with Crippen molar-refractivity contribution < 1.29 is 14.7 Å². The van der Waals surface area contributed by atoms with Gasteiger partial charge < -0.3 is 0 Å². The summed E-state index contributed by atoms with van der Waals surface area (Å²) in [5, 5.41) is 9.08. The van der Waals surface area contributed by atoms with E-state index < -0.39 is 12.0 Å². The van der Waals surface area contributed by atoms with Crippen molar-refractivity contribution in [3.8, 4) is 0 Å². The number of carbonyl (C=O) groups is 2.